The molecule has 3 aliphatic rings. The molecule has 4 heteroatoms. The Kier molecular flexibility index (Phi) is 10.1. The molecule has 0 aromatic carbocycles. The molecule has 0 saturated heterocycles. The second kappa shape index (κ2) is 12.6. The molecule has 0 amide bonds. The van der Waals surface area contributed by atoms with E-state index in [9.17, 15) is 4.39 Å². The van der Waals surface area contributed by atoms with Crippen LogP contribution in [0.5, 0.6) is 0 Å². The monoisotopic (exact) mass is 423 g/mol. The van der Waals surface area contributed by atoms with Crippen LogP contribution in [0.2, 0.25) is 0 Å². The summed E-state index contributed by atoms with van der Waals surface area (Å²) in [5.74, 6) is 1.59. The van der Waals surface area contributed by atoms with Gasteiger partial charge in [0.15, 0.2) is 0 Å². The summed E-state index contributed by atoms with van der Waals surface area (Å²) in [5, 5.41) is 0. The Balaban J connectivity index is 1.39. The Bertz CT molecular complexity index is 495. The van der Waals surface area contributed by atoms with E-state index in [2.05, 4.69) is 30.9 Å². The molecular formula is C26H46FNO2. The third kappa shape index (κ3) is 8.96. The Morgan fingerprint density at radius 1 is 0.933 bits per heavy atom. The molecule has 0 aliphatic heterocycles. The van der Waals surface area contributed by atoms with Gasteiger partial charge in [0.2, 0.25) is 0 Å². The Morgan fingerprint density at radius 3 is 2.40 bits per heavy atom. The summed E-state index contributed by atoms with van der Waals surface area (Å²) in [4.78, 5) is 2.67. The first-order valence-electron chi connectivity index (χ1n) is 12.8. The summed E-state index contributed by atoms with van der Waals surface area (Å²) in [7, 11) is 0. The second-order valence-electron chi connectivity index (χ2n) is 10.7. The predicted octanol–water partition coefficient (Wildman–Crippen LogP) is 6.32. The molecule has 3 aliphatic carbocycles. The lowest BCUT2D eigenvalue weighted by molar-refractivity contribution is -0.126. The number of ether oxygens (including phenoxy) is 2. The van der Waals surface area contributed by atoms with Gasteiger partial charge < -0.3 is 14.4 Å². The van der Waals surface area contributed by atoms with E-state index in [0.717, 1.165) is 31.9 Å². The maximum atomic E-state index is 13.4. The normalized spacial score (nSPS) is 28.9. The van der Waals surface area contributed by atoms with E-state index in [4.69, 9.17) is 9.47 Å². The van der Waals surface area contributed by atoms with E-state index in [1.165, 1.54) is 64.5 Å². The summed E-state index contributed by atoms with van der Waals surface area (Å²) in [6.07, 6.45) is 18.3. The summed E-state index contributed by atoms with van der Waals surface area (Å²) >= 11 is 0. The zero-order valence-electron chi connectivity index (χ0n) is 19.6. The van der Waals surface area contributed by atoms with Crippen LogP contribution in [-0.2, 0) is 9.47 Å². The maximum absolute atomic E-state index is 13.4. The van der Waals surface area contributed by atoms with Gasteiger partial charge in [-0.1, -0.05) is 31.4 Å². The number of allylic oxidation sites excluding steroid dienone is 1. The Hall–Kier alpha value is -0.450. The highest BCUT2D eigenvalue weighted by atomic mass is 19.1. The van der Waals surface area contributed by atoms with E-state index >= 15 is 0 Å². The average molecular weight is 424 g/mol. The minimum atomic E-state index is -0.627. The molecule has 0 bridgehead atoms. The smallest absolute Gasteiger partial charge is 0.100 e. The van der Waals surface area contributed by atoms with E-state index in [1.807, 2.05) is 0 Å². The van der Waals surface area contributed by atoms with Crippen LogP contribution in [0.3, 0.4) is 0 Å². The first kappa shape index (κ1) is 24.2. The van der Waals surface area contributed by atoms with E-state index in [0.29, 0.717) is 25.4 Å². The first-order valence-corrected chi connectivity index (χ1v) is 12.8. The van der Waals surface area contributed by atoms with Gasteiger partial charge in [-0.25, -0.2) is 4.39 Å². The number of hydrogen-bond acceptors (Lipinski definition) is 3. The van der Waals surface area contributed by atoms with Crippen molar-refractivity contribution in [3.63, 3.8) is 0 Å². The molecular weight excluding hydrogens is 377 g/mol. The van der Waals surface area contributed by atoms with Crippen LogP contribution in [0.15, 0.2) is 12.2 Å². The Labute approximate surface area is 184 Å². The summed E-state index contributed by atoms with van der Waals surface area (Å²) in [5.41, 5.74) is -0.297. The summed E-state index contributed by atoms with van der Waals surface area (Å²) < 4.78 is 25.7. The van der Waals surface area contributed by atoms with Crippen molar-refractivity contribution >= 4 is 0 Å². The zero-order chi connectivity index (χ0) is 21.2. The minimum Gasteiger partial charge on any atom is -0.377 e. The minimum absolute atomic E-state index is 0.191. The summed E-state index contributed by atoms with van der Waals surface area (Å²) in [6, 6.07) is 0. The fourth-order valence-corrected chi connectivity index (χ4v) is 5.50. The molecule has 0 N–H and O–H groups in total. The zero-order valence-corrected chi connectivity index (χ0v) is 19.6. The molecule has 3 rings (SSSR count). The van der Waals surface area contributed by atoms with Gasteiger partial charge in [-0.15, -0.1) is 0 Å². The fraction of sp³-hybridized carbons (Fsp3) is 0.923. The van der Waals surface area contributed by atoms with Gasteiger partial charge in [-0.2, -0.15) is 0 Å². The SMILES string of the molecule is CC(C)(COCCN(CC1C=CCCC1)CC1CCCCC1)OC1CCC(F)CC1. The topological polar surface area (TPSA) is 21.7 Å². The van der Waals surface area contributed by atoms with E-state index in [1.54, 1.807) is 0 Å². The van der Waals surface area contributed by atoms with Crippen molar-refractivity contribution in [3.05, 3.63) is 12.2 Å². The molecule has 2 fully saturated rings. The number of alkyl halides is 1. The molecule has 0 aromatic rings. The van der Waals surface area contributed by atoms with Crippen molar-refractivity contribution in [2.75, 3.05) is 32.8 Å². The van der Waals surface area contributed by atoms with Gasteiger partial charge in [0.25, 0.3) is 0 Å². The van der Waals surface area contributed by atoms with Gasteiger partial charge in [-0.3, -0.25) is 0 Å². The van der Waals surface area contributed by atoms with Crippen LogP contribution in [0.25, 0.3) is 0 Å². The van der Waals surface area contributed by atoms with Crippen LogP contribution in [0, 0.1) is 11.8 Å². The lowest BCUT2D eigenvalue weighted by Gasteiger charge is -2.34. The molecule has 0 spiro atoms. The van der Waals surface area contributed by atoms with Crippen molar-refractivity contribution in [3.8, 4) is 0 Å². The molecule has 0 heterocycles. The summed E-state index contributed by atoms with van der Waals surface area (Å²) in [6.45, 7) is 9.05. The van der Waals surface area contributed by atoms with Crippen LogP contribution in [0.1, 0.15) is 90.9 Å². The standard InChI is InChI=1S/C26H46FNO2/c1-26(2,30-25-15-13-24(27)14-16-25)21-29-18-17-28(19-22-9-5-3-6-10-22)20-23-11-7-4-8-12-23/h5,9,22-25H,3-4,6-8,10-21H2,1-2H3. The highest BCUT2D eigenvalue weighted by molar-refractivity contribution is 4.94. The van der Waals surface area contributed by atoms with Crippen LogP contribution >= 0.6 is 0 Å². The lowest BCUT2D eigenvalue weighted by atomic mass is 9.88. The van der Waals surface area contributed by atoms with Crippen molar-refractivity contribution in [1.82, 2.24) is 4.90 Å². The van der Waals surface area contributed by atoms with E-state index < -0.39 is 6.17 Å². The van der Waals surface area contributed by atoms with E-state index in [-0.39, 0.29) is 11.7 Å². The van der Waals surface area contributed by atoms with Crippen molar-refractivity contribution in [2.45, 2.75) is 109 Å². The van der Waals surface area contributed by atoms with Gasteiger partial charge in [0.05, 0.1) is 24.9 Å². The fourth-order valence-electron chi connectivity index (χ4n) is 5.50. The lowest BCUT2D eigenvalue weighted by Crippen LogP contribution is -2.39. The Morgan fingerprint density at radius 2 is 1.70 bits per heavy atom. The van der Waals surface area contributed by atoms with Gasteiger partial charge in [0, 0.05) is 19.6 Å². The second-order valence-corrected chi connectivity index (χ2v) is 10.7. The highest BCUT2D eigenvalue weighted by Crippen LogP contribution is 2.28. The number of nitrogens with zero attached hydrogens (tertiary/aromatic N) is 1. The first-order chi connectivity index (χ1) is 14.5. The molecule has 30 heavy (non-hydrogen) atoms. The molecule has 0 aromatic heterocycles. The molecule has 1 atom stereocenters. The molecule has 0 radical (unpaired) electrons. The van der Waals surface area contributed by atoms with Gasteiger partial charge >= 0.3 is 0 Å². The largest absolute Gasteiger partial charge is 0.377 e. The van der Waals surface area contributed by atoms with Crippen molar-refractivity contribution in [2.24, 2.45) is 11.8 Å². The van der Waals surface area contributed by atoms with Crippen LogP contribution in [-0.4, -0.2) is 55.6 Å². The third-order valence-corrected chi connectivity index (χ3v) is 7.18. The van der Waals surface area contributed by atoms with Crippen LogP contribution in [0.4, 0.5) is 4.39 Å². The van der Waals surface area contributed by atoms with Gasteiger partial charge in [-0.05, 0) is 83.5 Å². The van der Waals surface area contributed by atoms with Crippen molar-refractivity contribution < 1.29 is 13.9 Å². The number of rotatable bonds is 11. The predicted molar refractivity (Wildman–Crippen MR) is 123 cm³/mol. The molecule has 2 saturated carbocycles. The third-order valence-electron chi connectivity index (χ3n) is 7.18. The number of halogens is 1. The van der Waals surface area contributed by atoms with Crippen LogP contribution < -0.4 is 0 Å². The quantitative estimate of drug-likeness (QED) is 0.287. The average Bonchev–Trinajstić information content (AvgIpc) is 2.74. The van der Waals surface area contributed by atoms with Crippen molar-refractivity contribution in [1.29, 1.82) is 0 Å². The maximum Gasteiger partial charge on any atom is 0.100 e. The molecule has 1 unspecified atom stereocenters. The molecule has 174 valence electrons. The highest BCUT2D eigenvalue weighted by Gasteiger charge is 2.28. The molecule has 3 nitrogen and oxygen atoms in total. The van der Waals surface area contributed by atoms with Gasteiger partial charge in [0.1, 0.15) is 6.17 Å². The number of hydrogen-bond donors (Lipinski definition) is 0.